The molecule has 2 aliphatic rings. The summed E-state index contributed by atoms with van der Waals surface area (Å²) in [5.41, 5.74) is 0. The van der Waals surface area contributed by atoms with Crippen LogP contribution in [0.15, 0.2) is 17.0 Å². The molecule has 0 heterocycles. The van der Waals surface area contributed by atoms with Gasteiger partial charge in [0.15, 0.2) is 0 Å². The molecular weight excluding hydrogens is 745 g/mol. The van der Waals surface area contributed by atoms with E-state index >= 15 is 0 Å². The van der Waals surface area contributed by atoms with Crippen molar-refractivity contribution in [3.8, 4) is 11.5 Å². The Hall–Kier alpha value is -1.60. The van der Waals surface area contributed by atoms with Gasteiger partial charge in [0, 0.05) is 7.14 Å². The Labute approximate surface area is 227 Å². The second-order valence-corrected chi connectivity index (χ2v) is 12.0. The van der Waals surface area contributed by atoms with Gasteiger partial charge in [-0.3, -0.25) is 14.1 Å². The van der Waals surface area contributed by atoms with Gasteiger partial charge in [-0.25, -0.2) is 13.2 Å². The molecule has 0 spiro atoms. The fourth-order valence-corrected chi connectivity index (χ4v) is 8.83. The van der Waals surface area contributed by atoms with E-state index in [1.807, 2.05) is 0 Å². The summed E-state index contributed by atoms with van der Waals surface area (Å²) in [6.07, 6.45) is 1.39. The van der Waals surface area contributed by atoms with Gasteiger partial charge in [-0.15, -0.1) is 0 Å². The molecule has 194 valence electrons. The van der Waals surface area contributed by atoms with Crippen LogP contribution in [0.25, 0.3) is 0 Å². The summed E-state index contributed by atoms with van der Waals surface area (Å²) in [5, 5.41) is 0. The van der Waals surface area contributed by atoms with Gasteiger partial charge in [0.25, 0.3) is 10.1 Å². The highest BCUT2D eigenvalue weighted by molar-refractivity contribution is 14.1. The first kappa shape index (κ1) is 27.4. The molecule has 0 radical (unpaired) electrons. The minimum atomic E-state index is -4.55. The largest absolute Gasteiger partial charge is 0.426 e. The Bertz CT molecular complexity index is 1350. The number of esters is 2. The van der Waals surface area contributed by atoms with Crippen LogP contribution in [0.3, 0.4) is 0 Å². The van der Waals surface area contributed by atoms with E-state index in [1.54, 1.807) is 45.2 Å². The molecule has 2 fully saturated rings. The van der Waals surface area contributed by atoms with Crippen molar-refractivity contribution < 1.29 is 54.0 Å². The molecule has 7 nitrogen and oxygen atoms in total. The quantitative estimate of drug-likeness (QED) is 0.0870. The molecule has 0 aliphatic heterocycles. The van der Waals surface area contributed by atoms with Gasteiger partial charge < -0.3 is 9.47 Å². The van der Waals surface area contributed by atoms with Crippen molar-refractivity contribution in [2.45, 2.75) is 24.2 Å². The Morgan fingerprint density at radius 3 is 1.67 bits per heavy atom. The Morgan fingerprint density at radius 2 is 1.22 bits per heavy atom. The third-order valence-corrected chi connectivity index (χ3v) is 9.67. The second-order valence-electron chi connectivity index (χ2n) is 8.32. The van der Waals surface area contributed by atoms with E-state index in [1.165, 1.54) is 12.1 Å². The van der Waals surface area contributed by atoms with Gasteiger partial charge in [-0.2, -0.15) is 17.2 Å². The van der Waals surface area contributed by atoms with Crippen molar-refractivity contribution in [2.24, 2.45) is 23.7 Å². The number of ether oxygens (including phenoxy) is 2. The highest BCUT2D eigenvalue weighted by Gasteiger charge is 2.56. The summed E-state index contributed by atoms with van der Waals surface area (Å²) in [6.45, 7) is 0. The second kappa shape index (κ2) is 9.94. The minimum Gasteiger partial charge on any atom is -0.426 e. The highest BCUT2D eigenvalue weighted by atomic mass is 127. The summed E-state index contributed by atoms with van der Waals surface area (Å²) < 4.78 is 111. The van der Waals surface area contributed by atoms with E-state index in [0.29, 0.717) is 19.3 Å². The maximum atomic E-state index is 14.0. The predicted octanol–water partition coefficient (Wildman–Crippen LogP) is 5.01. The number of carbonyl (C=O) groups is 2. The first-order valence-corrected chi connectivity index (χ1v) is 13.7. The van der Waals surface area contributed by atoms with Gasteiger partial charge in [-0.1, -0.05) is 0 Å². The average Bonchev–Trinajstić information content (AvgIpc) is 3.39. The van der Waals surface area contributed by atoms with E-state index < -0.39 is 74.6 Å². The third kappa shape index (κ3) is 4.82. The molecule has 4 rings (SSSR count). The van der Waals surface area contributed by atoms with E-state index in [9.17, 15) is 44.5 Å². The van der Waals surface area contributed by atoms with Crippen molar-refractivity contribution in [1.82, 2.24) is 0 Å². The number of hydrogen-bond donors (Lipinski definition) is 1. The molecule has 36 heavy (non-hydrogen) atoms. The summed E-state index contributed by atoms with van der Waals surface area (Å²) in [5.74, 6) is -18.9. The number of hydrogen-bond acceptors (Lipinski definition) is 6. The van der Waals surface area contributed by atoms with Gasteiger partial charge in [0.1, 0.15) is 10.6 Å². The van der Waals surface area contributed by atoms with E-state index in [4.69, 9.17) is 4.74 Å². The Morgan fingerprint density at radius 1 is 0.806 bits per heavy atom. The number of fused-ring (bicyclic) bond motifs is 2. The fraction of sp³-hybridized carbons (Fsp3) is 0.333. The smallest absolute Gasteiger partial charge is 0.315 e. The lowest BCUT2D eigenvalue weighted by Crippen LogP contribution is -2.39. The van der Waals surface area contributed by atoms with Crippen LogP contribution >= 0.6 is 45.2 Å². The zero-order chi connectivity index (χ0) is 26.7. The molecule has 15 heteroatoms. The van der Waals surface area contributed by atoms with Crippen molar-refractivity contribution in [2.75, 3.05) is 0 Å². The number of carbonyl (C=O) groups excluding carboxylic acids is 2. The average molecular weight is 758 g/mol. The molecule has 1 N–H and O–H groups in total. The molecule has 4 unspecified atom stereocenters. The summed E-state index contributed by atoms with van der Waals surface area (Å²) >= 11 is 3.25. The van der Waals surface area contributed by atoms with Crippen LogP contribution < -0.4 is 9.47 Å². The van der Waals surface area contributed by atoms with Crippen LogP contribution in [0.1, 0.15) is 19.3 Å². The molecule has 2 aromatic rings. The van der Waals surface area contributed by atoms with Gasteiger partial charge in [0.05, 0.1) is 11.8 Å². The van der Waals surface area contributed by atoms with Crippen molar-refractivity contribution >= 4 is 67.2 Å². The number of benzene rings is 2. The van der Waals surface area contributed by atoms with E-state index in [2.05, 4.69) is 4.74 Å². The first-order valence-electron chi connectivity index (χ1n) is 10.1. The molecule has 2 aromatic carbocycles. The minimum absolute atomic E-state index is 0.0556. The molecule has 0 saturated heterocycles. The molecule has 2 saturated carbocycles. The zero-order valence-corrected chi connectivity index (χ0v) is 22.7. The molecular formula is C21H13F5I2O7S. The molecule has 0 aromatic heterocycles. The van der Waals surface area contributed by atoms with Crippen LogP contribution in [-0.4, -0.2) is 24.9 Å². The van der Waals surface area contributed by atoms with Crippen LogP contribution in [-0.2, 0) is 19.7 Å². The van der Waals surface area contributed by atoms with E-state index in [0.717, 1.165) is 0 Å². The Kier molecular flexibility index (Phi) is 7.57. The molecule has 2 bridgehead atoms. The molecule has 0 amide bonds. The predicted molar refractivity (Wildman–Crippen MR) is 127 cm³/mol. The molecule has 4 atom stereocenters. The van der Waals surface area contributed by atoms with Crippen LogP contribution in [0.5, 0.6) is 11.5 Å². The maximum absolute atomic E-state index is 14.0. The standard InChI is InChI=1S/C21H13F5I2O7S/c22-13-14(23)16(25)18(17(26)15(13)24)35-21(30)12-7-2-1-6(3-7)11(12)20(29)34-8-4-9(27)19(10(28)5-8)36(31,32)33/h4-7,11-12H,1-3H2,(H,31,32,33). The maximum Gasteiger partial charge on any atom is 0.315 e. The topological polar surface area (TPSA) is 107 Å². The first-order chi connectivity index (χ1) is 16.7. The van der Waals surface area contributed by atoms with Gasteiger partial charge in [-0.05, 0) is 88.4 Å². The Balaban J connectivity index is 1.60. The lowest BCUT2D eigenvalue weighted by atomic mass is 9.79. The summed E-state index contributed by atoms with van der Waals surface area (Å²) in [6, 6.07) is 2.36. The normalized spacial score (nSPS) is 23.1. The van der Waals surface area contributed by atoms with Gasteiger partial charge in [0.2, 0.25) is 34.8 Å². The lowest BCUT2D eigenvalue weighted by Gasteiger charge is -2.28. The SMILES string of the molecule is O=C(Oc1cc(I)c(S(=O)(=O)O)c(I)c1)C1C2CCC(C2)C1C(=O)Oc1c(F)c(F)c(F)c(F)c1F. The van der Waals surface area contributed by atoms with Crippen LogP contribution in [0, 0.1) is 59.9 Å². The third-order valence-electron chi connectivity index (χ3n) is 6.28. The zero-order valence-electron chi connectivity index (χ0n) is 17.5. The van der Waals surface area contributed by atoms with Crippen LogP contribution in [0.4, 0.5) is 22.0 Å². The monoisotopic (exact) mass is 758 g/mol. The van der Waals surface area contributed by atoms with E-state index in [-0.39, 0.29) is 23.7 Å². The van der Waals surface area contributed by atoms with Crippen molar-refractivity contribution in [1.29, 1.82) is 0 Å². The summed E-state index contributed by atoms with van der Waals surface area (Å²) in [7, 11) is -4.55. The number of rotatable bonds is 5. The van der Waals surface area contributed by atoms with Crippen molar-refractivity contribution in [3.63, 3.8) is 0 Å². The summed E-state index contributed by atoms with van der Waals surface area (Å²) in [4.78, 5) is 25.5. The lowest BCUT2D eigenvalue weighted by molar-refractivity contribution is -0.153. The van der Waals surface area contributed by atoms with Gasteiger partial charge >= 0.3 is 11.9 Å². The van der Waals surface area contributed by atoms with Crippen molar-refractivity contribution in [3.05, 3.63) is 48.4 Å². The fourth-order valence-electron chi connectivity index (χ4n) is 4.84. The van der Waals surface area contributed by atoms with Crippen LogP contribution in [0.2, 0.25) is 0 Å². The molecule has 2 aliphatic carbocycles. The number of halogens is 7. The highest BCUT2D eigenvalue weighted by Crippen LogP contribution is 2.53.